The quantitative estimate of drug-likeness (QED) is 0.738. The highest BCUT2D eigenvalue weighted by Gasteiger charge is 2.46. The maximum Gasteiger partial charge on any atom is 0.196 e. The predicted octanol–water partition coefficient (Wildman–Crippen LogP) is 3.74. The molecule has 3 atom stereocenters. The zero-order chi connectivity index (χ0) is 17.7. The number of hydrogen-bond acceptors (Lipinski definition) is 4. The Morgan fingerprint density at radius 3 is 1.83 bits per heavy atom. The molecule has 2 aliphatic rings. The molecule has 1 heterocycles. The minimum Gasteiger partial charge on any atom is -0.487 e. The van der Waals surface area contributed by atoms with Crippen molar-refractivity contribution in [2.24, 2.45) is 10.8 Å². The summed E-state index contributed by atoms with van der Waals surface area (Å²) in [6.07, 6.45) is -0.505. The Hall–Kier alpha value is -1.29. The van der Waals surface area contributed by atoms with Crippen molar-refractivity contribution in [3.8, 4) is 0 Å². The summed E-state index contributed by atoms with van der Waals surface area (Å²) in [4.78, 5) is 12.9. The van der Waals surface area contributed by atoms with Gasteiger partial charge in [-0.3, -0.25) is 4.79 Å². The van der Waals surface area contributed by atoms with Crippen molar-refractivity contribution >= 4 is 5.78 Å². The maximum atomic E-state index is 12.9. The molecule has 0 aromatic heterocycles. The highest BCUT2D eigenvalue weighted by molar-refractivity contribution is 6.04. The number of carbonyl (C=O) groups is 1. The Labute approximate surface area is 139 Å². The normalized spacial score (nSPS) is 29.8. The van der Waals surface area contributed by atoms with Crippen LogP contribution >= 0.6 is 0 Å². The predicted molar refractivity (Wildman–Crippen MR) is 89.7 cm³/mol. The Morgan fingerprint density at radius 1 is 0.913 bits per heavy atom. The molecular formula is C19H30O4. The summed E-state index contributed by atoms with van der Waals surface area (Å²) in [6.45, 7) is 15.8. The molecule has 1 fully saturated rings. The van der Waals surface area contributed by atoms with Crippen LogP contribution in [0.15, 0.2) is 22.7 Å². The van der Waals surface area contributed by atoms with Crippen molar-refractivity contribution < 1.29 is 19.4 Å². The van der Waals surface area contributed by atoms with Gasteiger partial charge in [0.2, 0.25) is 0 Å². The lowest BCUT2D eigenvalue weighted by Crippen LogP contribution is -2.40. The van der Waals surface area contributed by atoms with Crippen LogP contribution in [0.25, 0.3) is 0 Å². The molecule has 4 nitrogen and oxygen atoms in total. The molecule has 0 bridgehead atoms. The number of aliphatic hydroxyl groups is 1. The summed E-state index contributed by atoms with van der Waals surface area (Å²) in [7, 11) is 0. The molecular weight excluding hydrogens is 292 g/mol. The first kappa shape index (κ1) is 18.1. The van der Waals surface area contributed by atoms with E-state index in [1.165, 1.54) is 0 Å². The van der Waals surface area contributed by atoms with Crippen LogP contribution in [0.3, 0.4) is 0 Å². The van der Waals surface area contributed by atoms with E-state index in [1.807, 2.05) is 55.4 Å². The van der Waals surface area contributed by atoms with Crippen LogP contribution in [-0.2, 0) is 14.3 Å². The second-order valence-corrected chi connectivity index (χ2v) is 8.81. The number of Topliss-reactive ketones (excluding diaryl/α,β-unsaturated/α-hetero) is 1. The number of ketones is 1. The average molecular weight is 322 g/mol. The second-order valence-electron chi connectivity index (χ2n) is 8.81. The minimum absolute atomic E-state index is 0.0310. The summed E-state index contributed by atoms with van der Waals surface area (Å²) >= 11 is 0. The number of rotatable bonds is 0. The van der Waals surface area contributed by atoms with E-state index >= 15 is 0 Å². The molecule has 23 heavy (non-hydrogen) atoms. The molecule has 0 aromatic rings. The number of hydrogen-bond donors (Lipinski definition) is 1. The van der Waals surface area contributed by atoms with Gasteiger partial charge in [-0.15, -0.1) is 0 Å². The van der Waals surface area contributed by atoms with E-state index in [-0.39, 0.29) is 18.0 Å². The molecule has 1 saturated heterocycles. The van der Waals surface area contributed by atoms with Crippen molar-refractivity contribution in [1.29, 1.82) is 0 Å². The fourth-order valence-electron chi connectivity index (χ4n) is 3.40. The smallest absolute Gasteiger partial charge is 0.196 e. The van der Waals surface area contributed by atoms with Crippen molar-refractivity contribution in [3.63, 3.8) is 0 Å². The van der Waals surface area contributed by atoms with E-state index in [0.717, 1.165) is 6.42 Å². The lowest BCUT2D eigenvalue weighted by molar-refractivity contribution is -0.124. The summed E-state index contributed by atoms with van der Waals surface area (Å²) in [5.74, 6) is 0.812. The number of fused-ring (bicyclic) bond motifs is 1. The van der Waals surface area contributed by atoms with Gasteiger partial charge >= 0.3 is 0 Å². The van der Waals surface area contributed by atoms with Gasteiger partial charge in [0.1, 0.15) is 6.10 Å². The third kappa shape index (κ3) is 3.32. The Bertz CT molecular complexity index is 569. The van der Waals surface area contributed by atoms with Crippen LogP contribution in [0, 0.1) is 10.8 Å². The van der Waals surface area contributed by atoms with E-state index in [2.05, 4.69) is 0 Å². The number of ether oxygens (including phenoxy) is 2. The lowest BCUT2D eigenvalue weighted by atomic mass is 9.71. The van der Waals surface area contributed by atoms with Gasteiger partial charge in [-0.2, -0.15) is 0 Å². The Kier molecular flexibility index (Phi) is 4.44. The zero-order valence-corrected chi connectivity index (χ0v) is 15.6. The van der Waals surface area contributed by atoms with E-state index < -0.39 is 16.9 Å². The van der Waals surface area contributed by atoms with Gasteiger partial charge in [-0.1, -0.05) is 41.5 Å². The molecule has 0 amide bonds. The Morgan fingerprint density at radius 2 is 1.39 bits per heavy atom. The third-order valence-electron chi connectivity index (χ3n) is 4.31. The van der Waals surface area contributed by atoms with E-state index in [0.29, 0.717) is 22.7 Å². The van der Waals surface area contributed by atoms with Crippen LogP contribution in [0.1, 0.15) is 61.8 Å². The molecule has 1 unspecified atom stereocenters. The van der Waals surface area contributed by atoms with Crippen LogP contribution in [-0.4, -0.2) is 29.2 Å². The van der Waals surface area contributed by atoms with Crippen molar-refractivity contribution in [2.45, 2.75) is 80.1 Å². The van der Waals surface area contributed by atoms with Gasteiger partial charge in [0, 0.05) is 17.6 Å². The largest absolute Gasteiger partial charge is 0.487 e. The highest BCUT2D eigenvalue weighted by atomic mass is 16.6. The summed E-state index contributed by atoms with van der Waals surface area (Å²) in [5, 5.41) is 10.7. The molecule has 1 aliphatic carbocycles. The van der Waals surface area contributed by atoms with E-state index in [1.54, 1.807) is 0 Å². The van der Waals surface area contributed by atoms with Gasteiger partial charge in [0.15, 0.2) is 17.3 Å². The number of aliphatic hydroxyl groups excluding tert-OH is 1. The molecule has 1 N–H and O–H groups in total. The molecule has 0 aromatic carbocycles. The minimum atomic E-state index is -1.17. The van der Waals surface area contributed by atoms with Crippen molar-refractivity contribution in [2.75, 3.05) is 0 Å². The average Bonchev–Trinajstić information content (AvgIpc) is 2.44. The monoisotopic (exact) mass is 322 g/mol. The van der Waals surface area contributed by atoms with E-state index in [9.17, 15) is 9.90 Å². The summed E-state index contributed by atoms with van der Waals surface area (Å²) in [6, 6.07) is 0. The number of carbonyl (C=O) groups excluding carboxylic acids is 1. The van der Waals surface area contributed by atoms with Gasteiger partial charge in [0.05, 0.1) is 12.2 Å². The van der Waals surface area contributed by atoms with E-state index in [4.69, 9.17) is 9.47 Å². The molecule has 0 radical (unpaired) electrons. The zero-order valence-electron chi connectivity index (χ0n) is 15.6. The first-order valence-electron chi connectivity index (χ1n) is 8.39. The molecule has 130 valence electrons. The topological polar surface area (TPSA) is 55.8 Å². The molecule has 2 rings (SSSR count). The maximum absolute atomic E-state index is 12.9. The summed E-state index contributed by atoms with van der Waals surface area (Å²) < 4.78 is 12.3. The SMILES string of the molecule is C[C@H]1C[C@H](C)OC2=C(C(C)(C)C)C(O)C(=O)C(C(C)(C)C)=C2O1. The van der Waals surface area contributed by atoms with Crippen LogP contribution in [0.2, 0.25) is 0 Å². The van der Waals surface area contributed by atoms with Crippen molar-refractivity contribution in [3.05, 3.63) is 22.7 Å². The third-order valence-corrected chi connectivity index (χ3v) is 4.31. The Balaban J connectivity index is 2.80. The highest BCUT2D eigenvalue weighted by Crippen LogP contribution is 2.46. The van der Waals surface area contributed by atoms with Gasteiger partial charge in [-0.05, 0) is 24.7 Å². The van der Waals surface area contributed by atoms with Gasteiger partial charge in [-0.25, -0.2) is 0 Å². The molecule has 0 spiro atoms. The first-order valence-corrected chi connectivity index (χ1v) is 8.39. The summed E-state index contributed by atoms with van der Waals surface area (Å²) in [5.41, 5.74) is 0.314. The second kappa shape index (κ2) is 5.66. The van der Waals surface area contributed by atoms with Crippen LogP contribution in [0.4, 0.5) is 0 Å². The van der Waals surface area contributed by atoms with Crippen LogP contribution in [0.5, 0.6) is 0 Å². The van der Waals surface area contributed by atoms with Gasteiger partial charge in [0.25, 0.3) is 0 Å². The fraction of sp³-hybridized carbons (Fsp3) is 0.737. The fourth-order valence-corrected chi connectivity index (χ4v) is 3.40. The molecule has 4 heteroatoms. The standard InChI is InChI=1S/C19H30O4/c1-10-9-11(2)23-17-13(19(6,7)8)15(21)14(20)12(16(17)22-10)18(3,4)5/h10-11,14,20H,9H2,1-8H3/t10-,11-,14?/m0/s1. The van der Waals surface area contributed by atoms with Crippen molar-refractivity contribution in [1.82, 2.24) is 0 Å². The van der Waals surface area contributed by atoms with Crippen LogP contribution < -0.4 is 0 Å². The molecule has 1 aliphatic heterocycles. The first-order chi connectivity index (χ1) is 10.3. The lowest BCUT2D eigenvalue weighted by Gasteiger charge is -2.37. The molecule has 0 saturated carbocycles. The van der Waals surface area contributed by atoms with Gasteiger partial charge < -0.3 is 14.6 Å².